The molecule has 9 nitrogen and oxygen atoms in total. The molecule has 1 aromatic carbocycles. The summed E-state index contributed by atoms with van der Waals surface area (Å²) in [5.74, 6) is 8.43. The Morgan fingerprint density at radius 3 is 2.61 bits per heavy atom. The van der Waals surface area contributed by atoms with E-state index in [9.17, 15) is 4.79 Å². The lowest BCUT2D eigenvalue weighted by Crippen LogP contribution is -2.58. The number of rotatable bonds is 4. The minimum atomic E-state index is -0.00341. The summed E-state index contributed by atoms with van der Waals surface area (Å²) in [5, 5.41) is 8.14. The quantitative estimate of drug-likeness (QED) is 0.486. The van der Waals surface area contributed by atoms with Crippen molar-refractivity contribution in [2.75, 3.05) is 45.3 Å². The van der Waals surface area contributed by atoms with Crippen LogP contribution in [0.1, 0.15) is 17.7 Å². The first-order valence-electron chi connectivity index (χ1n) is 10.6. The Labute approximate surface area is 191 Å². The van der Waals surface area contributed by atoms with Crippen LogP contribution in [0.2, 0.25) is 0 Å². The molecule has 4 heterocycles. The van der Waals surface area contributed by atoms with Gasteiger partial charge < -0.3 is 19.3 Å². The van der Waals surface area contributed by atoms with Crippen LogP contribution in [-0.2, 0) is 4.79 Å². The summed E-state index contributed by atoms with van der Waals surface area (Å²) in [6.07, 6.45) is 3.90. The second-order valence-corrected chi connectivity index (χ2v) is 8.41. The van der Waals surface area contributed by atoms with Crippen LogP contribution in [0, 0.1) is 17.3 Å². The number of carbonyl (C=O) groups is 1. The molecular formula is C24H24N6O3. The van der Waals surface area contributed by atoms with Gasteiger partial charge in [0, 0.05) is 43.2 Å². The van der Waals surface area contributed by atoms with E-state index < -0.39 is 0 Å². The van der Waals surface area contributed by atoms with E-state index in [2.05, 4.69) is 43.5 Å². The molecule has 5 rings (SSSR count). The number of benzene rings is 1. The Morgan fingerprint density at radius 2 is 1.91 bits per heavy atom. The molecule has 0 radical (unpaired) electrons. The van der Waals surface area contributed by atoms with Crippen LogP contribution in [0.3, 0.4) is 0 Å². The Bertz CT molecular complexity index is 1280. The predicted octanol–water partition coefficient (Wildman–Crippen LogP) is 1.99. The van der Waals surface area contributed by atoms with Gasteiger partial charge in [-0.1, -0.05) is 12.5 Å². The molecule has 2 aliphatic heterocycles. The van der Waals surface area contributed by atoms with E-state index in [1.807, 2.05) is 17.0 Å². The summed E-state index contributed by atoms with van der Waals surface area (Å²) in [6, 6.07) is 5.49. The van der Waals surface area contributed by atoms with Crippen molar-refractivity contribution in [3.63, 3.8) is 0 Å². The number of methoxy groups -OCH3 is 2. The number of fused-ring (bicyclic) bond motifs is 1. The number of nitrogens with zero attached hydrogens (tertiary/aromatic N) is 5. The van der Waals surface area contributed by atoms with Crippen molar-refractivity contribution in [3.8, 4) is 23.3 Å². The number of hydrogen-bond acceptors (Lipinski definition) is 7. The number of carbonyl (C=O) groups excluding carboxylic acids is 1. The van der Waals surface area contributed by atoms with E-state index in [1.165, 1.54) is 12.4 Å². The third-order valence-corrected chi connectivity index (χ3v) is 6.29. The largest absolute Gasteiger partial charge is 0.497 e. The molecule has 2 aromatic heterocycles. The van der Waals surface area contributed by atoms with Crippen molar-refractivity contribution >= 4 is 22.8 Å². The van der Waals surface area contributed by atoms with Crippen molar-refractivity contribution < 1.29 is 14.3 Å². The fourth-order valence-electron chi connectivity index (χ4n) is 4.61. The van der Waals surface area contributed by atoms with Gasteiger partial charge in [0.1, 0.15) is 29.3 Å². The predicted molar refractivity (Wildman–Crippen MR) is 123 cm³/mol. The van der Waals surface area contributed by atoms with Gasteiger partial charge in [-0.2, -0.15) is 5.10 Å². The first kappa shape index (κ1) is 20.8. The number of aromatic amines is 1. The molecule has 2 aliphatic rings. The van der Waals surface area contributed by atoms with Crippen LogP contribution < -0.4 is 14.4 Å². The van der Waals surface area contributed by atoms with Gasteiger partial charge in [0.2, 0.25) is 5.91 Å². The average molecular weight is 444 g/mol. The number of ether oxygens (including phenoxy) is 2. The molecule has 0 aliphatic carbocycles. The Kier molecular flexibility index (Phi) is 5.13. The SMILES string of the molecule is C=CC(=O)N1CCC2(C1)CN(c1ncnc3[nH]nc(C#Cc4cc(OC)cc(OC)c4)c13)C2. The molecule has 0 saturated carbocycles. The van der Waals surface area contributed by atoms with E-state index >= 15 is 0 Å². The van der Waals surface area contributed by atoms with Crippen molar-refractivity contribution in [2.45, 2.75) is 6.42 Å². The van der Waals surface area contributed by atoms with Crippen molar-refractivity contribution in [1.29, 1.82) is 0 Å². The number of aromatic nitrogens is 4. The van der Waals surface area contributed by atoms with E-state index in [1.54, 1.807) is 20.3 Å². The van der Waals surface area contributed by atoms with E-state index in [-0.39, 0.29) is 11.3 Å². The number of hydrogen-bond donors (Lipinski definition) is 1. The summed E-state index contributed by atoms with van der Waals surface area (Å²) in [4.78, 5) is 24.9. The zero-order valence-electron chi connectivity index (χ0n) is 18.6. The fraction of sp³-hybridized carbons (Fsp3) is 0.333. The molecule has 2 fully saturated rings. The zero-order valence-corrected chi connectivity index (χ0v) is 18.6. The highest BCUT2D eigenvalue weighted by Crippen LogP contribution is 2.43. The highest BCUT2D eigenvalue weighted by molar-refractivity contribution is 5.92. The van der Waals surface area contributed by atoms with Crippen LogP contribution in [0.4, 0.5) is 5.82 Å². The van der Waals surface area contributed by atoms with Crippen LogP contribution in [0.5, 0.6) is 11.5 Å². The number of likely N-dealkylation sites (tertiary alicyclic amines) is 1. The maximum atomic E-state index is 12.0. The van der Waals surface area contributed by atoms with Crippen LogP contribution in [-0.4, -0.2) is 71.4 Å². The van der Waals surface area contributed by atoms with E-state index in [4.69, 9.17) is 9.47 Å². The van der Waals surface area contributed by atoms with Crippen LogP contribution in [0.25, 0.3) is 11.0 Å². The Morgan fingerprint density at radius 1 is 1.15 bits per heavy atom. The van der Waals surface area contributed by atoms with Crippen molar-refractivity contribution in [1.82, 2.24) is 25.1 Å². The van der Waals surface area contributed by atoms with E-state index in [0.717, 1.165) is 49.4 Å². The van der Waals surface area contributed by atoms with Gasteiger partial charge in [-0.05, 0) is 30.6 Å². The molecule has 1 N–H and O–H groups in total. The third-order valence-electron chi connectivity index (χ3n) is 6.29. The summed E-state index contributed by atoms with van der Waals surface area (Å²) in [7, 11) is 3.21. The molecule has 0 bridgehead atoms. The monoisotopic (exact) mass is 444 g/mol. The van der Waals surface area contributed by atoms with Gasteiger partial charge in [-0.15, -0.1) is 0 Å². The van der Waals surface area contributed by atoms with E-state index in [0.29, 0.717) is 22.8 Å². The zero-order chi connectivity index (χ0) is 23.0. The molecule has 0 atom stereocenters. The summed E-state index contributed by atoms with van der Waals surface area (Å²) in [6.45, 7) is 6.77. The normalized spacial score (nSPS) is 16.3. The van der Waals surface area contributed by atoms with Gasteiger partial charge in [-0.3, -0.25) is 9.89 Å². The maximum absolute atomic E-state index is 12.0. The Balaban J connectivity index is 1.42. The number of H-pyrrole nitrogens is 1. The topological polar surface area (TPSA) is 96.5 Å². The molecular weight excluding hydrogens is 420 g/mol. The lowest BCUT2D eigenvalue weighted by molar-refractivity contribution is -0.125. The molecule has 1 spiro atoms. The highest BCUT2D eigenvalue weighted by atomic mass is 16.5. The van der Waals surface area contributed by atoms with Gasteiger partial charge in [0.15, 0.2) is 5.65 Å². The summed E-state index contributed by atoms with van der Waals surface area (Å²) in [5.41, 5.74) is 2.08. The third kappa shape index (κ3) is 3.74. The smallest absolute Gasteiger partial charge is 0.245 e. The maximum Gasteiger partial charge on any atom is 0.245 e. The minimum Gasteiger partial charge on any atom is -0.497 e. The highest BCUT2D eigenvalue weighted by Gasteiger charge is 2.49. The molecule has 1 amide bonds. The van der Waals surface area contributed by atoms with Crippen molar-refractivity contribution in [2.24, 2.45) is 5.41 Å². The van der Waals surface area contributed by atoms with Gasteiger partial charge in [-0.25, -0.2) is 9.97 Å². The fourth-order valence-corrected chi connectivity index (χ4v) is 4.61. The van der Waals surface area contributed by atoms with Crippen LogP contribution >= 0.6 is 0 Å². The molecule has 2 saturated heterocycles. The summed E-state index contributed by atoms with van der Waals surface area (Å²) < 4.78 is 10.7. The first-order valence-corrected chi connectivity index (χ1v) is 10.6. The lowest BCUT2D eigenvalue weighted by atomic mass is 9.79. The lowest BCUT2D eigenvalue weighted by Gasteiger charge is -2.48. The Hall–Kier alpha value is -4.06. The second kappa shape index (κ2) is 8.13. The minimum absolute atomic E-state index is 0.00341. The second-order valence-electron chi connectivity index (χ2n) is 8.41. The number of amides is 1. The van der Waals surface area contributed by atoms with Crippen LogP contribution in [0.15, 0.2) is 37.2 Å². The number of nitrogens with one attached hydrogen (secondary N) is 1. The molecule has 9 heteroatoms. The van der Waals surface area contributed by atoms with Crippen molar-refractivity contribution in [3.05, 3.63) is 48.4 Å². The number of anilines is 1. The molecule has 168 valence electrons. The average Bonchev–Trinajstić information content (AvgIpc) is 3.46. The first-order chi connectivity index (χ1) is 16.0. The summed E-state index contributed by atoms with van der Waals surface area (Å²) >= 11 is 0. The molecule has 0 unspecified atom stereocenters. The molecule has 3 aromatic rings. The standard InChI is InChI=1S/C24H24N6O3/c1-4-20(31)29-8-7-24(12-29)13-30(14-24)23-21-19(27-28-22(21)25-15-26-23)6-5-16-9-17(32-2)11-18(10-16)33-3/h4,9-11,15H,1,7-8,12-14H2,2-3H3,(H,25,26,27,28). The molecule has 33 heavy (non-hydrogen) atoms. The van der Waals surface area contributed by atoms with Gasteiger partial charge in [0.25, 0.3) is 0 Å². The van der Waals surface area contributed by atoms with Gasteiger partial charge in [0.05, 0.1) is 19.6 Å². The van der Waals surface area contributed by atoms with Gasteiger partial charge >= 0.3 is 0 Å².